The van der Waals surface area contributed by atoms with Crippen molar-refractivity contribution in [2.24, 2.45) is 0 Å². The number of unbranched alkanes of at least 4 members (excludes halogenated alkanes) is 4. The molecule has 0 atom stereocenters. The third-order valence-corrected chi connectivity index (χ3v) is 12.5. The zero-order valence-corrected chi connectivity index (χ0v) is 33.7. The molecule has 2 heterocycles. The van der Waals surface area contributed by atoms with Crippen molar-refractivity contribution in [3.8, 4) is 0 Å². The smallest absolute Gasteiger partial charge is 0.264 e. The van der Waals surface area contributed by atoms with Crippen LogP contribution in [0.4, 0.5) is 11.4 Å². The Morgan fingerprint density at radius 2 is 1.43 bits per heavy atom. The Balaban J connectivity index is 1.48. The Labute approximate surface area is 317 Å². The van der Waals surface area contributed by atoms with E-state index < -0.39 is 20.2 Å². The third-order valence-electron chi connectivity index (χ3n) is 10.9. The first-order valence-electron chi connectivity index (χ1n) is 19.1. The quantitative estimate of drug-likeness (QED) is 0.0785. The molecular formula is C42H58N3O6S2+. The van der Waals surface area contributed by atoms with E-state index in [9.17, 15) is 25.9 Å². The van der Waals surface area contributed by atoms with Crippen LogP contribution in [0, 0.1) is 0 Å². The summed E-state index contributed by atoms with van der Waals surface area (Å²) in [6.07, 6.45) is 16.3. The van der Waals surface area contributed by atoms with Gasteiger partial charge in [0.05, 0.1) is 16.9 Å². The van der Waals surface area contributed by atoms with Crippen molar-refractivity contribution in [3.63, 3.8) is 0 Å². The van der Waals surface area contributed by atoms with Gasteiger partial charge in [-0.25, -0.2) is 0 Å². The molecule has 0 unspecified atom stereocenters. The number of allylic oxidation sites excluding steroid dienone is 7. The Hall–Kier alpha value is -3.51. The number of hydrogen-bond donors (Lipinski definition) is 3. The van der Waals surface area contributed by atoms with Crippen LogP contribution in [-0.2, 0) is 31.1 Å². The van der Waals surface area contributed by atoms with Gasteiger partial charge >= 0.3 is 0 Å². The van der Waals surface area contributed by atoms with Crippen molar-refractivity contribution in [1.29, 1.82) is 0 Å². The maximum Gasteiger partial charge on any atom is 0.264 e. The lowest BCUT2D eigenvalue weighted by molar-refractivity contribution is -0.438. The van der Waals surface area contributed by atoms with Gasteiger partial charge in [-0.3, -0.25) is 9.11 Å². The number of anilines is 1. The van der Waals surface area contributed by atoms with E-state index in [2.05, 4.69) is 110 Å². The second-order valence-electron chi connectivity index (χ2n) is 15.6. The molecule has 0 spiro atoms. The van der Waals surface area contributed by atoms with E-state index >= 15 is 0 Å². The standard InChI is InChI=1S/C42H57N3O6S2/c1-6-7-12-27-43-40-32(23-25-38-41(2,3)34-17-8-10-19-36(34)44(38)28-13-15-30-52(46,47)48)21-22-33(40)24-26-39-42(4,5)35-18-9-11-20-37(35)45(39)29-14-16-31-53(49,50)51/h8-11,17-20,23-26H,6-7,12-16,21-22,27-31H2,1-5H3,(H2,46,47,48,49,50,51)/p+1/b32-23+,38-25+. The first kappa shape index (κ1) is 40.7. The molecule has 0 bridgehead atoms. The van der Waals surface area contributed by atoms with Crippen LogP contribution < -0.4 is 10.2 Å². The molecule has 0 saturated carbocycles. The summed E-state index contributed by atoms with van der Waals surface area (Å²) >= 11 is 0. The molecule has 9 nitrogen and oxygen atoms in total. The van der Waals surface area contributed by atoms with Crippen molar-refractivity contribution < 1.29 is 30.5 Å². The average Bonchev–Trinajstić information content (AvgIpc) is 3.65. The van der Waals surface area contributed by atoms with Crippen LogP contribution in [0.15, 0.2) is 95.4 Å². The van der Waals surface area contributed by atoms with Gasteiger partial charge in [0.1, 0.15) is 6.54 Å². The Morgan fingerprint density at radius 3 is 2.13 bits per heavy atom. The van der Waals surface area contributed by atoms with Crippen molar-refractivity contribution >= 4 is 37.3 Å². The van der Waals surface area contributed by atoms with E-state index in [0.717, 1.165) is 61.4 Å². The highest BCUT2D eigenvalue weighted by Gasteiger charge is 2.44. The molecule has 0 fully saturated rings. The van der Waals surface area contributed by atoms with Gasteiger partial charge in [-0.2, -0.15) is 21.4 Å². The normalized spacial score (nSPS) is 19.6. The summed E-state index contributed by atoms with van der Waals surface area (Å²) in [4.78, 5) is 2.31. The topological polar surface area (TPSA) is 127 Å². The molecule has 2 aromatic rings. The predicted octanol–water partition coefficient (Wildman–Crippen LogP) is 8.39. The minimum atomic E-state index is -4.00. The molecule has 5 rings (SSSR count). The number of rotatable bonds is 18. The molecule has 2 aromatic carbocycles. The Bertz CT molecular complexity index is 2040. The summed E-state index contributed by atoms with van der Waals surface area (Å²) in [7, 11) is -8.00. The molecule has 0 radical (unpaired) electrons. The minimum Gasteiger partial charge on any atom is -0.385 e. The maximum atomic E-state index is 11.4. The van der Waals surface area contributed by atoms with Gasteiger partial charge in [0.25, 0.3) is 20.2 Å². The lowest BCUT2D eigenvalue weighted by atomic mass is 9.81. The second kappa shape index (κ2) is 16.9. The van der Waals surface area contributed by atoms with E-state index in [1.165, 1.54) is 28.0 Å². The summed E-state index contributed by atoms with van der Waals surface area (Å²) in [5.74, 6) is -0.477. The molecule has 53 heavy (non-hydrogen) atoms. The van der Waals surface area contributed by atoms with E-state index in [1.54, 1.807) is 0 Å². The summed E-state index contributed by atoms with van der Waals surface area (Å²) in [6.45, 7) is 13.4. The van der Waals surface area contributed by atoms with Gasteiger partial charge in [-0.05, 0) is 81.2 Å². The number of hydrogen-bond acceptors (Lipinski definition) is 6. The molecule has 3 aliphatic rings. The van der Waals surface area contributed by atoms with Crippen LogP contribution in [0.3, 0.4) is 0 Å². The second-order valence-corrected chi connectivity index (χ2v) is 18.7. The van der Waals surface area contributed by atoms with E-state index in [4.69, 9.17) is 0 Å². The van der Waals surface area contributed by atoms with Crippen molar-refractivity contribution in [2.75, 3.05) is 36.0 Å². The summed E-state index contributed by atoms with van der Waals surface area (Å²) in [5.41, 5.74) is 10.3. The van der Waals surface area contributed by atoms with Crippen LogP contribution in [0.1, 0.15) is 104 Å². The Morgan fingerprint density at radius 1 is 0.774 bits per heavy atom. The monoisotopic (exact) mass is 764 g/mol. The largest absolute Gasteiger partial charge is 0.385 e. The molecular weight excluding hydrogens is 707 g/mol. The SMILES string of the molecule is CCCCCNC1=C(/C=C/C2=[N+](CCCCS(=O)(=O)O)c3ccccc3C2(C)C)CC/C1=C\C=C1\N(CCCCS(=O)(=O)O)c2ccccc2C1(C)C. The number of nitrogens with one attached hydrogen (secondary N) is 1. The number of para-hydroxylation sites is 2. The maximum absolute atomic E-state index is 11.4. The van der Waals surface area contributed by atoms with Gasteiger partial charge in [-0.1, -0.05) is 82.2 Å². The van der Waals surface area contributed by atoms with Crippen LogP contribution >= 0.6 is 0 Å². The minimum absolute atomic E-state index is 0.239. The van der Waals surface area contributed by atoms with Gasteiger partial charge in [0.2, 0.25) is 5.69 Å². The fraction of sp³-hybridized carbons (Fsp3) is 0.500. The highest BCUT2D eigenvalue weighted by molar-refractivity contribution is 7.86. The lowest BCUT2D eigenvalue weighted by Crippen LogP contribution is -2.28. The summed E-state index contributed by atoms with van der Waals surface area (Å²) in [5, 5.41) is 3.81. The molecule has 3 N–H and O–H groups in total. The fourth-order valence-electron chi connectivity index (χ4n) is 8.11. The molecule has 0 saturated heterocycles. The number of nitrogens with zero attached hydrogens (tertiary/aromatic N) is 2. The highest BCUT2D eigenvalue weighted by atomic mass is 32.2. The zero-order valence-electron chi connectivity index (χ0n) is 32.1. The van der Waals surface area contributed by atoms with Crippen LogP contribution in [0.5, 0.6) is 0 Å². The number of fused-ring (bicyclic) bond motifs is 2. The molecule has 11 heteroatoms. The molecule has 1 aliphatic carbocycles. The highest BCUT2D eigenvalue weighted by Crippen LogP contribution is 2.48. The lowest BCUT2D eigenvalue weighted by Gasteiger charge is -2.27. The number of benzene rings is 2. The molecule has 288 valence electrons. The van der Waals surface area contributed by atoms with Crippen molar-refractivity contribution in [2.45, 2.75) is 103 Å². The first-order chi connectivity index (χ1) is 25.0. The van der Waals surface area contributed by atoms with E-state index in [0.29, 0.717) is 38.8 Å². The first-order valence-corrected chi connectivity index (χ1v) is 22.3. The predicted molar refractivity (Wildman–Crippen MR) is 216 cm³/mol. The van der Waals surface area contributed by atoms with Crippen LogP contribution in [0.25, 0.3) is 0 Å². The molecule has 0 amide bonds. The summed E-state index contributed by atoms with van der Waals surface area (Å²) in [6, 6.07) is 16.8. The zero-order chi connectivity index (χ0) is 38.4. The van der Waals surface area contributed by atoms with Crippen LogP contribution in [0.2, 0.25) is 0 Å². The van der Waals surface area contributed by atoms with E-state index in [-0.39, 0.29) is 22.3 Å². The third kappa shape index (κ3) is 9.79. The molecule has 2 aliphatic heterocycles. The van der Waals surface area contributed by atoms with Crippen molar-refractivity contribution in [1.82, 2.24) is 5.32 Å². The summed E-state index contributed by atoms with van der Waals surface area (Å²) < 4.78 is 66.5. The fourth-order valence-corrected chi connectivity index (χ4v) is 9.24. The Kier molecular flexibility index (Phi) is 13.0. The van der Waals surface area contributed by atoms with Crippen LogP contribution in [-0.4, -0.2) is 67.4 Å². The van der Waals surface area contributed by atoms with E-state index in [1.807, 2.05) is 12.1 Å². The molecule has 0 aromatic heterocycles. The van der Waals surface area contributed by atoms with Gasteiger partial charge in [0, 0.05) is 59.7 Å². The van der Waals surface area contributed by atoms with Gasteiger partial charge < -0.3 is 10.2 Å². The average molecular weight is 765 g/mol. The van der Waals surface area contributed by atoms with Crippen molar-refractivity contribution in [3.05, 3.63) is 107 Å². The van der Waals surface area contributed by atoms with Gasteiger partial charge in [-0.15, -0.1) is 0 Å². The van der Waals surface area contributed by atoms with Gasteiger partial charge in [0.15, 0.2) is 5.71 Å².